The summed E-state index contributed by atoms with van der Waals surface area (Å²) in [6.07, 6.45) is 4.59. The van der Waals surface area contributed by atoms with Crippen molar-refractivity contribution in [2.45, 2.75) is 19.8 Å². The van der Waals surface area contributed by atoms with Crippen LogP contribution in [0.2, 0.25) is 0 Å². The van der Waals surface area contributed by atoms with Crippen LogP contribution in [-0.4, -0.2) is 23.1 Å². The summed E-state index contributed by atoms with van der Waals surface area (Å²) >= 11 is 0. The second-order valence-electron chi connectivity index (χ2n) is 2.33. The van der Waals surface area contributed by atoms with Gasteiger partial charge in [-0.15, -0.1) is 0 Å². The number of carbonyl (C=O) groups is 1. The summed E-state index contributed by atoms with van der Waals surface area (Å²) < 4.78 is 0. The standard InChI is InChI=1S/C9H14O3/c1-2-8(7-11)6-9(12)4-3-5-10/h4,6-7,10,12H,2-3,5H2,1H3/b8-6+,9-4+. The summed E-state index contributed by atoms with van der Waals surface area (Å²) in [6, 6.07) is 0. The van der Waals surface area contributed by atoms with Crippen LogP contribution in [0.15, 0.2) is 23.5 Å². The predicted octanol–water partition coefficient (Wildman–Crippen LogP) is 1.35. The van der Waals surface area contributed by atoms with Crippen molar-refractivity contribution in [1.29, 1.82) is 0 Å². The molecule has 0 spiro atoms. The van der Waals surface area contributed by atoms with Gasteiger partial charge in [0, 0.05) is 6.61 Å². The van der Waals surface area contributed by atoms with E-state index in [-0.39, 0.29) is 12.4 Å². The van der Waals surface area contributed by atoms with E-state index in [1.807, 2.05) is 6.92 Å². The number of carbonyl (C=O) groups excluding carboxylic acids is 1. The van der Waals surface area contributed by atoms with Crippen molar-refractivity contribution in [3.63, 3.8) is 0 Å². The molecule has 3 nitrogen and oxygen atoms in total. The Morgan fingerprint density at radius 2 is 2.17 bits per heavy atom. The first-order valence-corrected chi connectivity index (χ1v) is 3.90. The van der Waals surface area contributed by atoms with E-state index in [4.69, 9.17) is 10.2 Å². The third-order valence-electron chi connectivity index (χ3n) is 1.38. The van der Waals surface area contributed by atoms with Crippen molar-refractivity contribution >= 4 is 6.29 Å². The maximum absolute atomic E-state index is 10.3. The van der Waals surface area contributed by atoms with E-state index in [1.165, 1.54) is 12.2 Å². The lowest BCUT2D eigenvalue weighted by molar-refractivity contribution is -0.105. The molecule has 0 aromatic heterocycles. The number of allylic oxidation sites excluding steroid dienone is 2. The number of rotatable bonds is 5. The average molecular weight is 170 g/mol. The van der Waals surface area contributed by atoms with Gasteiger partial charge in [-0.2, -0.15) is 0 Å². The highest BCUT2D eigenvalue weighted by atomic mass is 16.3. The lowest BCUT2D eigenvalue weighted by atomic mass is 10.2. The van der Waals surface area contributed by atoms with E-state index in [2.05, 4.69) is 0 Å². The molecule has 0 amide bonds. The molecule has 0 saturated heterocycles. The van der Waals surface area contributed by atoms with Crippen molar-refractivity contribution in [3.05, 3.63) is 23.5 Å². The SMILES string of the molecule is CC/C(C=O)=C\C(O)=C/CCO. The van der Waals surface area contributed by atoms with E-state index in [9.17, 15) is 4.79 Å². The highest BCUT2D eigenvalue weighted by Gasteiger charge is 1.92. The summed E-state index contributed by atoms with van der Waals surface area (Å²) in [5, 5.41) is 17.5. The second-order valence-corrected chi connectivity index (χ2v) is 2.33. The van der Waals surface area contributed by atoms with Crippen LogP contribution in [-0.2, 0) is 4.79 Å². The van der Waals surface area contributed by atoms with Gasteiger partial charge in [0.25, 0.3) is 0 Å². The molecule has 0 aliphatic rings. The van der Waals surface area contributed by atoms with Crippen LogP contribution in [0.25, 0.3) is 0 Å². The van der Waals surface area contributed by atoms with Gasteiger partial charge in [-0.25, -0.2) is 0 Å². The first-order chi connectivity index (χ1) is 5.74. The summed E-state index contributed by atoms with van der Waals surface area (Å²) in [4.78, 5) is 10.3. The Kier molecular flexibility index (Phi) is 6.01. The Labute approximate surface area is 72.0 Å². The number of aliphatic hydroxyl groups excluding tert-OH is 2. The van der Waals surface area contributed by atoms with Crippen molar-refractivity contribution in [3.8, 4) is 0 Å². The van der Waals surface area contributed by atoms with Gasteiger partial charge in [0.1, 0.15) is 12.0 Å². The first-order valence-electron chi connectivity index (χ1n) is 3.90. The number of aldehydes is 1. The molecule has 0 fully saturated rings. The molecule has 0 atom stereocenters. The molecule has 3 heteroatoms. The van der Waals surface area contributed by atoms with Gasteiger partial charge < -0.3 is 10.2 Å². The van der Waals surface area contributed by atoms with Crippen LogP contribution in [0.3, 0.4) is 0 Å². The van der Waals surface area contributed by atoms with Gasteiger partial charge in [0.05, 0.1) is 0 Å². The topological polar surface area (TPSA) is 57.5 Å². The van der Waals surface area contributed by atoms with Gasteiger partial charge >= 0.3 is 0 Å². The van der Waals surface area contributed by atoms with E-state index in [0.717, 1.165) is 0 Å². The monoisotopic (exact) mass is 170 g/mol. The molecule has 0 saturated carbocycles. The summed E-state index contributed by atoms with van der Waals surface area (Å²) in [7, 11) is 0. The fourth-order valence-electron chi connectivity index (χ4n) is 0.681. The van der Waals surface area contributed by atoms with E-state index >= 15 is 0 Å². The normalized spacial score (nSPS) is 13.2. The third kappa shape index (κ3) is 4.68. The molecule has 0 radical (unpaired) electrons. The van der Waals surface area contributed by atoms with Crippen LogP contribution in [0.5, 0.6) is 0 Å². The number of aliphatic hydroxyl groups is 2. The lowest BCUT2D eigenvalue weighted by Gasteiger charge is -1.94. The smallest absolute Gasteiger partial charge is 0.146 e. The van der Waals surface area contributed by atoms with Crippen molar-refractivity contribution in [2.24, 2.45) is 0 Å². The van der Waals surface area contributed by atoms with E-state index in [1.54, 1.807) is 0 Å². The Balaban J connectivity index is 4.18. The zero-order valence-corrected chi connectivity index (χ0v) is 7.16. The minimum Gasteiger partial charge on any atom is -0.508 e. The van der Waals surface area contributed by atoms with Gasteiger partial charge in [0.15, 0.2) is 0 Å². The molecular weight excluding hydrogens is 156 g/mol. The molecule has 0 heterocycles. The molecule has 0 aliphatic heterocycles. The van der Waals surface area contributed by atoms with Gasteiger partial charge in [-0.1, -0.05) is 6.92 Å². The molecular formula is C9H14O3. The molecule has 68 valence electrons. The Morgan fingerprint density at radius 3 is 2.58 bits per heavy atom. The Bertz CT molecular complexity index is 192. The summed E-state index contributed by atoms with van der Waals surface area (Å²) in [5.41, 5.74) is 0.543. The van der Waals surface area contributed by atoms with Crippen molar-refractivity contribution in [1.82, 2.24) is 0 Å². The number of hydrogen-bond donors (Lipinski definition) is 2. The highest BCUT2D eigenvalue weighted by Crippen LogP contribution is 2.02. The fourth-order valence-corrected chi connectivity index (χ4v) is 0.681. The molecule has 12 heavy (non-hydrogen) atoms. The van der Waals surface area contributed by atoms with Crippen molar-refractivity contribution < 1.29 is 15.0 Å². The van der Waals surface area contributed by atoms with Gasteiger partial charge in [-0.05, 0) is 30.6 Å². The highest BCUT2D eigenvalue weighted by molar-refractivity contribution is 5.73. The van der Waals surface area contributed by atoms with Crippen LogP contribution < -0.4 is 0 Å². The fraction of sp³-hybridized carbons (Fsp3) is 0.444. The maximum Gasteiger partial charge on any atom is 0.146 e. The second kappa shape index (κ2) is 6.61. The molecule has 0 unspecified atom stereocenters. The van der Waals surface area contributed by atoms with Crippen LogP contribution in [0.1, 0.15) is 19.8 Å². The summed E-state index contributed by atoms with van der Waals surface area (Å²) in [5.74, 6) is 0.0352. The molecule has 0 bridgehead atoms. The molecule has 0 rings (SSSR count). The van der Waals surface area contributed by atoms with E-state index < -0.39 is 0 Å². The average Bonchev–Trinajstić information content (AvgIpc) is 2.10. The van der Waals surface area contributed by atoms with Gasteiger partial charge in [0.2, 0.25) is 0 Å². The first kappa shape index (κ1) is 10.9. The number of hydrogen-bond acceptors (Lipinski definition) is 3. The molecule has 0 aromatic rings. The maximum atomic E-state index is 10.3. The van der Waals surface area contributed by atoms with Crippen molar-refractivity contribution in [2.75, 3.05) is 6.61 Å². The quantitative estimate of drug-likeness (QED) is 0.283. The molecule has 0 aliphatic carbocycles. The van der Waals surface area contributed by atoms with Crippen LogP contribution in [0, 0.1) is 0 Å². The molecule has 2 N–H and O–H groups in total. The van der Waals surface area contributed by atoms with Crippen LogP contribution in [0.4, 0.5) is 0 Å². The zero-order chi connectivity index (χ0) is 9.40. The van der Waals surface area contributed by atoms with E-state index in [0.29, 0.717) is 24.7 Å². The minimum absolute atomic E-state index is 0.000444. The predicted molar refractivity (Wildman–Crippen MR) is 46.9 cm³/mol. The van der Waals surface area contributed by atoms with Gasteiger partial charge in [-0.3, -0.25) is 4.79 Å². The molecule has 0 aromatic carbocycles. The zero-order valence-electron chi connectivity index (χ0n) is 7.16. The third-order valence-corrected chi connectivity index (χ3v) is 1.38. The summed E-state index contributed by atoms with van der Waals surface area (Å²) in [6.45, 7) is 1.83. The van der Waals surface area contributed by atoms with Crippen LogP contribution >= 0.6 is 0 Å². The largest absolute Gasteiger partial charge is 0.508 e. The lowest BCUT2D eigenvalue weighted by Crippen LogP contribution is -1.86. The Hall–Kier alpha value is -1.09. The Morgan fingerprint density at radius 1 is 1.50 bits per heavy atom. The minimum atomic E-state index is 0.000444.